The van der Waals surface area contributed by atoms with E-state index in [1.165, 1.54) is 3.97 Å². The second-order valence-electron chi connectivity index (χ2n) is 6.47. The Hall–Kier alpha value is -2.70. The number of aryl methyl sites for hydroxylation is 1. The van der Waals surface area contributed by atoms with Crippen LogP contribution in [-0.4, -0.2) is 16.6 Å². The largest absolute Gasteiger partial charge is 0.268 e. The third-order valence-electron chi connectivity index (χ3n) is 4.76. The van der Waals surface area contributed by atoms with Gasteiger partial charge in [-0.3, -0.25) is 4.21 Å². The summed E-state index contributed by atoms with van der Waals surface area (Å²) in [5.41, 5.74) is 1.98. The lowest BCUT2D eigenvalue weighted by Gasteiger charge is -2.13. The van der Waals surface area contributed by atoms with Crippen molar-refractivity contribution in [3.8, 4) is 0 Å². The van der Waals surface area contributed by atoms with Gasteiger partial charge in [0.05, 0.1) is 32.7 Å². The molecule has 4 rings (SSSR count). The molecular formula is C22H19NO3S2. The van der Waals surface area contributed by atoms with Crippen LogP contribution in [0.25, 0.3) is 10.9 Å². The maximum Gasteiger partial charge on any atom is 0.268 e. The first-order valence-electron chi connectivity index (χ1n) is 8.83. The fourth-order valence-corrected chi connectivity index (χ4v) is 6.26. The summed E-state index contributed by atoms with van der Waals surface area (Å²) in [4.78, 5) is 0.887. The molecule has 4 aromatic rings. The summed E-state index contributed by atoms with van der Waals surface area (Å²) in [5.74, 6) is 0.122. The summed E-state index contributed by atoms with van der Waals surface area (Å²) in [5, 5.41) is 0.849. The van der Waals surface area contributed by atoms with Crippen LogP contribution >= 0.6 is 0 Å². The number of hydrogen-bond acceptors (Lipinski definition) is 3. The number of fused-ring (bicyclic) bond motifs is 1. The summed E-state index contributed by atoms with van der Waals surface area (Å²) < 4.78 is 41.2. The molecule has 1 heterocycles. The van der Waals surface area contributed by atoms with Gasteiger partial charge in [-0.05, 0) is 42.8 Å². The van der Waals surface area contributed by atoms with Crippen molar-refractivity contribution >= 4 is 31.7 Å². The van der Waals surface area contributed by atoms with Crippen LogP contribution in [0.2, 0.25) is 0 Å². The molecule has 28 heavy (non-hydrogen) atoms. The van der Waals surface area contributed by atoms with E-state index < -0.39 is 20.8 Å². The molecule has 0 fully saturated rings. The second-order valence-corrected chi connectivity index (χ2v) is 9.71. The summed E-state index contributed by atoms with van der Waals surface area (Å²) >= 11 is 0. The quantitative estimate of drug-likeness (QED) is 0.488. The van der Waals surface area contributed by atoms with E-state index in [1.54, 1.807) is 48.5 Å². The minimum absolute atomic E-state index is 0.122. The highest BCUT2D eigenvalue weighted by molar-refractivity contribution is 7.90. The third kappa shape index (κ3) is 3.19. The van der Waals surface area contributed by atoms with E-state index in [1.807, 2.05) is 43.3 Å². The number of rotatable bonds is 5. The van der Waals surface area contributed by atoms with E-state index in [2.05, 4.69) is 0 Å². The van der Waals surface area contributed by atoms with Crippen LogP contribution in [0.1, 0.15) is 11.3 Å². The Labute approximate surface area is 167 Å². The van der Waals surface area contributed by atoms with Gasteiger partial charge in [0.1, 0.15) is 0 Å². The molecule has 0 N–H and O–H groups in total. The zero-order chi connectivity index (χ0) is 19.7. The Kier molecular flexibility index (Phi) is 4.91. The molecule has 0 saturated heterocycles. The van der Waals surface area contributed by atoms with Crippen molar-refractivity contribution in [2.24, 2.45) is 0 Å². The van der Waals surface area contributed by atoms with E-state index in [9.17, 15) is 12.6 Å². The molecule has 1 unspecified atom stereocenters. The molecule has 142 valence electrons. The van der Waals surface area contributed by atoms with Crippen molar-refractivity contribution in [1.82, 2.24) is 3.97 Å². The number of benzene rings is 3. The maximum absolute atomic E-state index is 13.5. The highest BCUT2D eigenvalue weighted by Gasteiger charge is 2.26. The smallest absolute Gasteiger partial charge is 0.254 e. The summed E-state index contributed by atoms with van der Waals surface area (Å²) in [6, 6.07) is 24.8. The van der Waals surface area contributed by atoms with Crippen LogP contribution in [0.3, 0.4) is 0 Å². The first kappa shape index (κ1) is 18.7. The van der Waals surface area contributed by atoms with Crippen LogP contribution < -0.4 is 0 Å². The van der Waals surface area contributed by atoms with E-state index in [-0.39, 0.29) is 10.6 Å². The van der Waals surface area contributed by atoms with E-state index >= 15 is 0 Å². The molecule has 0 spiro atoms. The molecule has 0 saturated carbocycles. The molecule has 0 radical (unpaired) electrons. The topological polar surface area (TPSA) is 56.1 Å². The molecule has 1 atom stereocenters. The molecular weight excluding hydrogens is 390 g/mol. The Morgan fingerprint density at radius 1 is 0.821 bits per heavy atom. The Balaban J connectivity index is 1.93. The van der Waals surface area contributed by atoms with Crippen LogP contribution in [0.15, 0.2) is 94.7 Å². The van der Waals surface area contributed by atoms with Crippen molar-refractivity contribution in [3.05, 3.63) is 96.2 Å². The monoisotopic (exact) mass is 409 g/mol. The molecule has 0 aliphatic carbocycles. The Morgan fingerprint density at radius 2 is 1.39 bits per heavy atom. The van der Waals surface area contributed by atoms with Gasteiger partial charge >= 0.3 is 0 Å². The zero-order valence-corrected chi connectivity index (χ0v) is 16.9. The van der Waals surface area contributed by atoms with Gasteiger partial charge in [-0.15, -0.1) is 0 Å². The van der Waals surface area contributed by atoms with Crippen molar-refractivity contribution in [1.29, 1.82) is 0 Å². The lowest BCUT2D eigenvalue weighted by Crippen LogP contribution is -2.17. The van der Waals surface area contributed by atoms with Crippen LogP contribution in [-0.2, 0) is 26.6 Å². The van der Waals surface area contributed by atoms with Gasteiger partial charge in [-0.1, -0.05) is 54.6 Å². The second kappa shape index (κ2) is 7.37. The van der Waals surface area contributed by atoms with Gasteiger partial charge in [0.25, 0.3) is 10.0 Å². The average Bonchev–Trinajstić information content (AvgIpc) is 3.02. The standard InChI is InChI=1S/C22H19NO3S2/c1-17-20-14-8-9-15-21(20)23(28(25,26)19-12-6-3-7-13-19)22(17)16-27(24)18-10-4-2-5-11-18/h2-15H,16H2,1H3. The average molecular weight is 410 g/mol. The third-order valence-corrected chi connectivity index (χ3v) is 7.86. The first-order chi connectivity index (χ1) is 13.5. The van der Waals surface area contributed by atoms with Gasteiger partial charge in [0, 0.05) is 10.3 Å². The molecule has 0 aliphatic rings. The fourth-order valence-electron chi connectivity index (χ4n) is 3.34. The molecule has 0 aliphatic heterocycles. The molecule has 3 aromatic carbocycles. The van der Waals surface area contributed by atoms with Gasteiger partial charge in [0.15, 0.2) is 0 Å². The Morgan fingerprint density at radius 3 is 2.07 bits per heavy atom. The van der Waals surface area contributed by atoms with Crippen molar-refractivity contribution in [2.45, 2.75) is 22.5 Å². The van der Waals surface area contributed by atoms with Gasteiger partial charge in [-0.2, -0.15) is 0 Å². The van der Waals surface area contributed by atoms with Crippen LogP contribution in [0.5, 0.6) is 0 Å². The van der Waals surface area contributed by atoms with Gasteiger partial charge < -0.3 is 0 Å². The van der Waals surface area contributed by atoms with Crippen molar-refractivity contribution in [2.75, 3.05) is 0 Å². The normalized spacial score (nSPS) is 12.9. The molecule has 0 bridgehead atoms. The SMILES string of the molecule is Cc1c(CS(=O)c2ccccc2)n(S(=O)(=O)c2ccccc2)c2ccccc12. The molecule has 0 amide bonds. The number of para-hydroxylation sites is 1. The molecule has 4 nitrogen and oxygen atoms in total. The van der Waals surface area contributed by atoms with Crippen LogP contribution in [0.4, 0.5) is 0 Å². The first-order valence-corrected chi connectivity index (χ1v) is 11.6. The van der Waals surface area contributed by atoms with E-state index in [0.29, 0.717) is 16.1 Å². The molecule has 6 heteroatoms. The highest BCUT2D eigenvalue weighted by atomic mass is 32.2. The summed E-state index contributed by atoms with van der Waals surface area (Å²) in [6.45, 7) is 1.89. The lowest BCUT2D eigenvalue weighted by atomic mass is 10.2. The van der Waals surface area contributed by atoms with Crippen molar-refractivity contribution < 1.29 is 12.6 Å². The van der Waals surface area contributed by atoms with E-state index in [4.69, 9.17) is 0 Å². The zero-order valence-electron chi connectivity index (χ0n) is 15.3. The minimum Gasteiger partial charge on any atom is -0.254 e. The van der Waals surface area contributed by atoms with Crippen LogP contribution in [0, 0.1) is 6.92 Å². The molecule has 1 aromatic heterocycles. The summed E-state index contributed by atoms with van der Waals surface area (Å²) in [6.07, 6.45) is 0. The number of aromatic nitrogens is 1. The fraction of sp³-hybridized carbons (Fsp3) is 0.0909. The van der Waals surface area contributed by atoms with E-state index in [0.717, 1.165) is 10.9 Å². The van der Waals surface area contributed by atoms with Crippen molar-refractivity contribution in [3.63, 3.8) is 0 Å². The van der Waals surface area contributed by atoms with Gasteiger partial charge in [0.2, 0.25) is 0 Å². The van der Waals surface area contributed by atoms with Gasteiger partial charge in [-0.25, -0.2) is 12.4 Å². The Bertz CT molecular complexity index is 1260. The highest BCUT2D eigenvalue weighted by Crippen LogP contribution is 2.31. The number of hydrogen-bond donors (Lipinski definition) is 0. The predicted octanol–water partition coefficient (Wildman–Crippen LogP) is 4.49. The lowest BCUT2D eigenvalue weighted by molar-refractivity contribution is 0.587. The summed E-state index contributed by atoms with van der Waals surface area (Å²) in [7, 11) is -5.18. The maximum atomic E-state index is 13.5. The predicted molar refractivity (Wildman–Crippen MR) is 112 cm³/mol. The minimum atomic E-state index is -3.82. The number of nitrogens with zero attached hydrogens (tertiary/aromatic N) is 1.